The van der Waals surface area contributed by atoms with Crippen LogP contribution in [0.2, 0.25) is 0 Å². The Labute approximate surface area is 157 Å². The second kappa shape index (κ2) is 7.06. The molecule has 0 radical (unpaired) electrons. The predicted molar refractivity (Wildman–Crippen MR) is 103 cm³/mol. The van der Waals surface area contributed by atoms with E-state index in [2.05, 4.69) is 16.1 Å². The third kappa shape index (κ3) is 3.51. The van der Waals surface area contributed by atoms with Crippen LogP contribution in [0.4, 0.5) is 5.69 Å². The molecule has 1 aliphatic carbocycles. The molecule has 1 amide bonds. The fourth-order valence-corrected chi connectivity index (χ4v) is 5.71. The fourth-order valence-electron chi connectivity index (χ4n) is 3.50. The maximum Gasteiger partial charge on any atom is 0.241 e. The molecule has 0 saturated heterocycles. The van der Waals surface area contributed by atoms with Gasteiger partial charge < -0.3 is 5.32 Å². The van der Waals surface area contributed by atoms with Crippen LogP contribution in [0.15, 0.2) is 52.3 Å². The van der Waals surface area contributed by atoms with Crippen molar-refractivity contribution >= 4 is 33.4 Å². The van der Waals surface area contributed by atoms with Crippen molar-refractivity contribution in [1.29, 1.82) is 0 Å². The first-order valence-electron chi connectivity index (χ1n) is 8.70. The minimum atomic E-state index is -3.68. The minimum Gasteiger partial charge on any atom is -0.325 e. The van der Waals surface area contributed by atoms with E-state index in [1.807, 2.05) is 18.2 Å². The van der Waals surface area contributed by atoms with E-state index in [-0.39, 0.29) is 16.8 Å². The van der Waals surface area contributed by atoms with Gasteiger partial charge in [-0.1, -0.05) is 24.3 Å². The summed E-state index contributed by atoms with van der Waals surface area (Å²) in [6.45, 7) is 0. The number of carbonyl (C=O) groups excluding carboxylic acids is 1. The third-order valence-corrected chi connectivity index (χ3v) is 7.33. The Balaban J connectivity index is 1.63. The summed E-state index contributed by atoms with van der Waals surface area (Å²) in [5.41, 5.74) is 2.84. The molecule has 2 N–H and O–H groups in total. The lowest BCUT2D eigenvalue weighted by atomic mass is 9.88. The van der Waals surface area contributed by atoms with Crippen LogP contribution in [-0.2, 0) is 21.2 Å². The standard InChI is InChI=1S/C19H20N2O3S2/c22-19-10-11-25-18-9-8-14(12-17(18)20-19)26(23,24)21-16-7-3-5-13-4-1-2-6-15(13)16/h1-2,4,6,8-9,12,16,21H,3,5,7,10-11H2,(H,20,22). The van der Waals surface area contributed by atoms with Gasteiger partial charge in [-0.25, -0.2) is 13.1 Å². The molecule has 4 rings (SSSR count). The van der Waals surface area contributed by atoms with Crippen LogP contribution in [0.3, 0.4) is 0 Å². The molecule has 0 fully saturated rings. The van der Waals surface area contributed by atoms with Crippen LogP contribution in [-0.4, -0.2) is 20.1 Å². The molecule has 26 heavy (non-hydrogen) atoms. The Kier molecular flexibility index (Phi) is 4.77. The number of nitrogens with one attached hydrogen (secondary N) is 2. The molecule has 2 aliphatic rings. The summed E-state index contributed by atoms with van der Waals surface area (Å²) in [5, 5.41) is 2.80. The van der Waals surface area contributed by atoms with Gasteiger partial charge >= 0.3 is 0 Å². The van der Waals surface area contributed by atoms with Crippen LogP contribution < -0.4 is 10.0 Å². The van der Waals surface area contributed by atoms with E-state index in [4.69, 9.17) is 0 Å². The highest BCUT2D eigenvalue weighted by Crippen LogP contribution is 2.34. The van der Waals surface area contributed by atoms with Gasteiger partial charge in [0.15, 0.2) is 0 Å². The van der Waals surface area contributed by atoms with Crippen molar-refractivity contribution in [1.82, 2.24) is 4.72 Å². The van der Waals surface area contributed by atoms with Crippen molar-refractivity contribution in [3.05, 3.63) is 53.6 Å². The van der Waals surface area contributed by atoms with Crippen LogP contribution in [0, 0.1) is 0 Å². The molecule has 0 bridgehead atoms. The van der Waals surface area contributed by atoms with Crippen LogP contribution >= 0.6 is 11.8 Å². The van der Waals surface area contributed by atoms with Crippen molar-refractivity contribution in [2.45, 2.75) is 41.5 Å². The summed E-state index contributed by atoms with van der Waals surface area (Å²) in [6.07, 6.45) is 3.16. The number of aryl methyl sites for hydroxylation is 1. The molecule has 1 aliphatic heterocycles. The first-order valence-corrected chi connectivity index (χ1v) is 11.2. The quantitative estimate of drug-likeness (QED) is 0.844. The molecule has 5 nitrogen and oxygen atoms in total. The number of thioether (sulfide) groups is 1. The summed E-state index contributed by atoms with van der Waals surface area (Å²) >= 11 is 1.56. The predicted octanol–water partition coefficient (Wildman–Crippen LogP) is 3.48. The minimum absolute atomic E-state index is 0.0834. The first-order chi connectivity index (χ1) is 12.5. The molecule has 1 unspecified atom stereocenters. The van der Waals surface area contributed by atoms with Gasteiger partial charge in [0.05, 0.1) is 10.6 Å². The Morgan fingerprint density at radius 1 is 1.12 bits per heavy atom. The number of hydrogen-bond donors (Lipinski definition) is 2. The average Bonchev–Trinajstić information content (AvgIpc) is 2.81. The van der Waals surface area contributed by atoms with E-state index in [0.717, 1.165) is 29.7 Å². The summed E-state index contributed by atoms with van der Waals surface area (Å²) in [4.78, 5) is 12.9. The zero-order chi connectivity index (χ0) is 18.1. The van der Waals surface area contributed by atoms with Gasteiger partial charge in [0.1, 0.15) is 0 Å². The fraction of sp³-hybridized carbons (Fsp3) is 0.316. The highest BCUT2D eigenvalue weighted by Gasteiger charge is 2.26. The molecule has 0 spiro atoms. The molecule has 2 aromatic rings. The van der Waals surface area contributed by atoms with Gasteiger partial charge in [-0.3, -0.25) is 4.79 Å². The zero-order valence-electron chi connectivity index (χ0n) is 14.2. The maximum atomic E-state index is 12.9. The normalized spacial score (nSPS) is 19.8. The number of sulfonamides is 1. The van der Waals surface area contributed by atoms with Gasteiger partial charge in [-0.05, 0) is 48.6 Å². The lowest BCUT2D eigenvalue weighted by Crippen LogP contribution is -2.31. The van der Waals surface area contributed by atoms with Gasteiger partial charge in [0.25, 0.3) is 0 Å². The van der Waals surface area contributed by atoms with Crippen LogP contribution in [0.5, 0.6) is 0 Å². The molecular weight excluding hydrogens is 368 g/mol. The lowest BCUT2D eigenvalue weighted by Gasteiger charge is -2.26. The monoisotopic (exact) mass is 388 g/mol. The van der Waals surface area contributed by atoms with Gasteiger partial charge in [0, 0.05) is 23.1 Å². The highest BCUT2D eigenvalue weighted by atomic mass is 32.2. The van der Waals surface area contributed by atoms with Crippen LogP contribution in [0.1, 0.15) is 36.4 Å². The maximum absolute atomic E-state index is 12.9. The smallest absolute Gasteiger partial charge is 0.241 e. The Hall–Kier alpha value is -1.83. The van der Waals surface area contributed by atoms with E-state index < -0.39 is 10.0 Å². The second-order valence-corrected chi connectivity index (χ2v) is 9.42. The van der Waals surface area contributed by atoms with E-state index in [0.29, 0.717) is 17.9 Å². The zero-order valence-corrected chi connectivity index (χ0v) is 15.8. The number of rotatable bonds is 3. The number of carbonyl (C=O) groups is 1. The summed E-state index contributed by atoms with van der Waals surface area (Å²) in [6, 6.07) is 12.7. The number of amides is 1. The SMILES string of the molecule is O=C1CCSc2ccc(S(=O)(=O)NC3CCCc4ccccc43)cc2N1. The van der Waals surface area contributed by atoms with E-state index in [9.17, 15) is 13.2 Å². The summed E-state index contributed by atoms with van der Waals surface area (Å²) < 4.78 is 28.7. The number of benzene rings is 2. The molecule has 1 heterocycles. The molecule has 136 valence electrons. The average molecular weight is 389 g/mol. The summed E-state index contributed by atoms with van der Waals surface area (Å²) in [7, 11) is -3.68. The number of fused-ring (bicyclic) bond motifs is 2. The molecular formula is C19H20N2O3S2. The molecule has 1 atom stereocenters. The molecule has 0 saturated carbocycles. The third-order valence-electron chi connectivity index (χ3n) is 4.79. The van der Waals surface area contributed by atoms with E-state index in [1.54, 1.807) is 30.0 Å². The van der Waals surface area contributed by atoms with Crippen molar-refractivity contribution < 1.29 is 13.2 Å². The Bertz CT molecular complexity index is 957. The number of hydrogen-bond acceptors (Lipinski definition) is 4. The largest absolute Gasteiger partial charge is 0.325 e. The van der Waals surface area contributed by atoms with Gasteiger partial charge in [0.2, 0.25) is 15.9 Å². The lowest BCUT2D eigenvalue weighted by molar-refractivity contribution is -0.115. The van der Waals surface area contributed by atoms with Crippen molar-refractivity contribution in [2.24, 2.45) is 0 Å². The Morgan fingerprint density at radius 2 is 1.96 bits per heavy atom. The highest BCUT2D eigenvalue weighted by molar-refractivity contribution is 7.99. The van der Waals surface area contributed by atoms with Crippen molar-refractivity contribution in [2.75, 3.05) is 11.1 Å². The van der Waals surface area contributed by atoms with E-state index in [1.165, 1.54) is 5.56 Å². The Morgan fingerprint density at radius 3 is 2.85 bits per heavy atom. The van der Waals surface area contributed by atoms with Crippen molar-refractivity contribution in [3.8, 4) is 0 Å². The van der Waals surface area contributed by atoms with Crippen LogP contribution in [0.25, 0.3) is 0 Å². The number of anilines is 1. The van der Waals surface area contributed by atoms with Gasteiger partial charge in [-0.2, -0.15) is 0 Å². The first kappa shape index (κ1) is 17.6. The topological polar surface area (TPSA) is 75.3 Å². The summed E-state index contributed by atoms with van der Waals surface area (Å²) in [5.74, 6) is 0.613. The van der Waals surface area contributed by atoms with E-state index >= 15 is 0 Å². The molecule has 0 aromatic heterocycles. The second-order valence-electron chi connectivity index (χ2n) is 6.57. The van der Waals surface area contributed by atoms with Gasteiger partial charge in [-0.15, -0.1) is 11.8 Å². The molecule has 2 aromatic carbocycles. The molecule has 7 heteroatoms. The van der Waals surface area contributed by atoms with Crippen molar-refractivity contribution in [3.63, 3.8) is 0 Å².